The number of unbranched alkanes of at least 4 members (excludes halogenated alkanes) is 3. The highest BCUT2D eigenvalue weighted by molar-refractivity contribution is 7.99. The Hall–Kier alpha value is -2.06. The van der Waals surface area contributed by atoms with E-state index in [4.69, 9.17) is 14.2 Å². The van der Waals surface area contributed by atoms with Gasteiger partial charge in [0.1, 0.15) is 11.5 Å². The molecule has 1 aliphatic heterocycles. The first-order valence-electron chi connectivity index (χ1n) is 10.9. The van der Waals surface area contributed by atoms with Gasteiger partial charge in [-0.3, -0.25) is 9.59 Å². The fourth-order valence-electron chi connectivity index (χ4n) is 3.36. The molecule has 7 nitrogen and oxygen atoms in total. The molecule has 0 saturated carbocycles. The zero-order valence-electron chi connectivity index (χ0n) is 18.5. The van der Waals surface area contributed by atoms with Gasteiger partial charge in [0.05, 0.1) is 11.7 Å². The van der Waals surface area contributed by atoms with E-state index in [0.29, 0.717) is 18.5 Å². The van der Waals surface area contributed by atoms with E-state index in [0.717, 1.165) is 25.0 Å². The molecule has 1 aromatic carbocycles. The molecule has 0 spiro atoms. The average Bonchev–Trinajstić information content (AvgIpc) is 2.74. The number of esters is 2. The van der Waals surface area contributed by atoms with Crippen molar-refractivity contribution in [3.8, 4) is 0 Å². The topological polar surface area (TPSA) is 90.9 Å². The van der Waals surface area contributed by atoms with Crippen molar-refractivity contribution >= 4 is 29.6 Å². The maximum absolute atomic E-state index is 12.7. The van der Waals surface area contributed by atoms with Crippen LogP contribution in [0.1, 0.15) is 63.2 Å². The molecule has 0 radical (unpaired) electrons. The van der Waals surface area contributed by atoms with Crippen LogP contribution in [0.3, 0.4) is 0 Å². The number of carbonyl (C=O) groups is 3. The van der Waals surface area contributed by atoms with Crippen molar-refractivity contribution in [2.75, 3.05) is 12.3 Å². The predicted molar refractivity (Wildman–Crippen MR) is 120 cm³/mol. The summed E-state index contributed by atoms with van der Waals surface area (Å²) in [6.07, 6.45) is 3.05. The molecule has 4 atom stereocenters. The molecule has 1 saturated heterocycles. The Bertz CT molecular complexity index is 713. The minimum atomic E-state index is -0.713. The third-order valence-corrected chi connectivity index (χ3v) is 6.12. The number of hydrogen-bond acceptors (Lipinski definition) is 7. The first-order valence-corrected chi connectivity index (χ1v) is 11.9. The van der Waals surface area contributed by atoms with Crippen LogP contribution in [-0.2, 0) is 23.8 Å². The van der Waals surface area contributed by atoms with Crippen LogP contribution >= 0.6 is 11.8 Å². The van der Waals surface area contributed by atoms with Gasteiger partial charge in [0.25, 0.3) is 0 Å². The van der Waals surface area contributed by atoms with E-state index in [-0.39, 0.29) is 12.0 Å². The first kappa shape index (κ1) is 25.2. The Kier molecular flexibility index (Phi) is 10.9. The molecular formula is C23H33NO6S. The summed E-state index contributed by atoms with van der Waals surface area (Å²) >= 11 is 1.56. The first-order chi connectivity index (χ1) is 14.9. The third kappa shape index (κ3) is 8.91. The predicted octanol–water partition coefficient (Wildman–Crippen LogP) is 3.71. The minimum Gasteiger partial charge on any atom is -0.455 e. The fourth-order valence-corrected chi connectivity index (χ4v) is 4.62. The van der Waals surface area contributed by atoms with Crippen LogP contribution in [0.25, 0.3) is 0 Å². The van der Waals surface area contributed by atoms with Crippen molar-refractivity contribution in [1.82, 2.24) is 5.32 Å². The lowest BCUT2D eigenvalue weighted by molar-refractivity contribution is -0.178. The summed E-state index contributed by atoms with van der Waals surface area (Å²) < 4.78 is 17.5. The molecule has 31 heavy (non-hydrogen) atoms. The van der Waals surface area contributed by atoms with Crippen LogP contribution in [0.5, 0.6) is 0 Å². The zero-order valence-corrected chi connectivity index (χ0v) is 19.3. The van der Waals surface area contributed by atoms with Crippen LogP contribution in [0, 0.1) is 0 Å². The number of rotatable bonds is 11. The van der Waals surface area contributed by atoms with Crippen LogP contribution in [0.4, 0.5) is 0 Å². The van der Waals surface area contributed by atoms with Gasteiger partial charge in [0.2, 0.25) is 5.91 Å². The summed E-state index contributed by atoms with van der Waals surface area (Å²) in [6, 6.07) is 8.70. The fraction of sp³-hybridized carbons (Fsp3) is 0.609. The second-order valence-electron chi connectivity index (χ2n) is 7.61. The molecule has 1 amide bonds. The van der Waals surface area contributed by atoms with Crippen molar-refractivity contribution in [3.63, 3.8) is 0 Å². The van der Waals surface area contributed by atoms with Gasteiger partial charge in [-0.05, 0) is 24.3 Å². The molecule has 0 unspecified atom stereocenters. The molecule has 1 heterocycles. The molecule has 0 bridgehead atoms. The highest BCUT2D eigenvalue weighted by Gasteiger charge is 2.43. The monoisotopic (exact) mass is 451 g/mol. The highest BCUT2D eigenvalue weighted by atomic mass is 32.2. The molecule has 1 N–H and O–H groups in total. The average molecular weight is 452 g/mol. The van der Waals surface area contributed by atoms with Gasteiger partial charge in [-0.25, -0.2) is 4.79 Å². The summed E-state index contributed by atoms with van der Waals surface area (Å²) in [5.74, 6) is -0.248. The number of amides is 1. The molecule has 8 heteroatoms. The van der Waals surface area contributed by atoms with Crippen molar-refractivity contribution in [1.29, 1.82) is 0 Å². The van der Waals surface area contributed by atoms with Gasteiger partial charge in [-0.1, -0.05) is 44.4 Å². The summed E-state index contributed by atoms with van der Waals surface area (Å²) in [4.78, 5) is 35.8. The van der Waals surface area contributed by atoms with Gasteiger partial charge < -0.3 is 19.5 Å². The van der Waals surface area contributed by atoms with E-state index in [1.54, 1.807) is 36.0 Å². The van der Waals surface area contributed by atoms with Crippen molar-refractivity contribution in [2.45, 2.75) is 76.6 Å². The number of ether oxygens (including phenoxy) is 3. The summed E-state index contributed by atoms with van der Waals surface area (Å²) in [5, 5.41) is 2.76. The summed E-state index contributed by atoms with van der Waals surface area (Å²) in [5.41, 5.74) is -0.0515. The SMILES string of the molecule is CCCCCCS[C@@H]1O[C@@H](CNC(C)=O)C[C@@H](OC(=O)c2ccccc2)[C@H]1OC(C)=O. The molecule has 172 valence electrons. The maximum Gasteiger partial charge on any atom is 0.338 e. The lowest BCUT2D eigenvalue weighted by Crippen LogP contribution is -2.53. The molecular weight excluding hydrogens is 418 g/mol. The van der Waals surface area contributed by atoms with Gasteiger partial charge in [-0.15, -0.1) is 11.8 Å². The molecule has 1 aromatic rings. The van der Waals surface area contributed by atoms with Gasteiger partial charge >= 0.3 is 11.9 Å². The lowest BCUT2D eigenvalue weighted by atomic mass is 10.0. The van der Waals surface area contributed by atoms with E-state index in [9.17, 15) is 14.4 Å². The Morgan fingerprint density at radius 1 is 1.10 bits per heavy atom. The van der Waals surface area contributed by atoms with E-state index in [1.165, 1.54) is 20.3 Å². The Balaban J connectivity index is 2.13. The van der Waals surface area contributed by atoms with Crippen LogP contribution < -0.4 is 5.32 Å². The maximum atomic E-state index is 12.7. The van der Waals surface area contributed by atoms with Crippen LogP contribution in [-0.4, -0.2) is 53.9 Å². The van der Waals surface area contributed by atoms with Crippen molar-refractivity contribution in [3.05, 3.63) is 35.9 Å². The number of nitrogens with one attached hydrogen (secondary N) is 1. The highest BCUT2D eigenvalue weighted by Crippen LogP contribution is 2.33. The number of carbonyl (C=O) groups excluding carboxylic acids is 3. The molecule has 2 rings (SSSR count). The van der Waals surface area contributed by atoms with Crippen molar-refractivity contribution < 1.29 is 28.6 Å². The van der Waals surface area contributed by atoms with E-state index >= 15 is 0 Å². The molecule has 1 fully saturated rings. The standard InChI is InChI=1S/C23H33NO6S/c1-4-5-6-10-13-31-23-21(28-17(3)26)20(14-19(29-23)15-24-16(2)25)30-22(27)18-11-8-7-9-12-18/h7-9,11-12,19-21,23H,4-6,10,13-15H2,1-3H3,(H,24,25)/t19-,20-,21-,23+/m1/s1. The zero-order chi connectivity index (χ0) is 22.6. The third-order valence-electron chi connectivity index (χ3n) is 4.89. The number of thioether (sulfide) groups is 1. The number of benzene rings is 1. The Morgan fingerprint density at radius 2 is 1.84 bits per heavy atom. The van der Waals surface area contributed by atoms with Gasteiger partial charge in [-0.2, -0.15) is 0 Å². The largest absolute Gasteiger partial charge is 0.455 e. The van der Waals surface area contributed by atoms with Crippen LogP contribution in [0.15, 0.2) is 30.3 Å². The van der Waals surface area contributed by atoms with Gasteiger partial charge in [0.15, 0.2) is 6.10 Å². The smallest absolute Gasteiger partial charge is 0.338 e. The van der Waals surface area contributed by atoms with E-state index < -0.39 is 29.6 Å². The van der Waals surface area contributed by atoms with E-state index in [2.05, 4.69) is 12.2 Å². The minimum absolute atomic E-state index is 0.160. The summed E-state index contributed by atoms with van der Waals surface area (Å²) in [7, 11) is 0. The van der Waals surface area contributed by atoms with Crippen LogP contribution in [0.2, 0.25) is 0 Å². The molecule has 1 aliphatic rings. The second kappa shape index (κ2) is 13.4. The quantitative estimate of drug-likeness (QED) is 0.405. The van der Waals surface area contributed by atoms with E-state index in [1.807, 2.05) is 6.07 Å². The molecule has 0 aliphatic carbocycles. The van der Waals surface area contributed by atoms with Gasteiger partial charge in [0, 0.05) is 26.8 Å². The Labute approximate surface area is 188 Å². The molecule has 0 aromatic heterocycles. The van der Waals surface area contributed by atoms with Crippen molar-refractivity contribution in [2.24, 2.45) is 0 Å². The summed E-state index contributed by atoms with van der Waals surface area (Å²) in [6.45, 7) is 5.24. The Morgan fingerprint density at radius 3 is 2.48 bits per heavy atom. The number of hydrogen-bond donors (Lipinski definition) is 1. The lowest BCUT2D eigenvalue weighted by Gasteiger charge is -2.40. The second-order valence-corrected chi connectivity index (χ2v) is 8.82. The normalized spacial score (nSPS) is 23.1.